The molecule has 2 rings (SSSR count). The molecule has 0 aliphatic carbocycles. The first-order chi connectivity index (χ1) is 12.9. The zero-order valence-electron chi connectivity index (χ0n) is 14.3. The topological polar surface area (TPSA) is 96.5 Å². The number of hydrogen-bond acceptors (Lipinski definition) is 4. The SMILES string of the molecule is CCOc1ccc(NC(=O)CNC(=O)C(=O)Nc2cc(Cl)cc(Cl)c2)cc1. The quantitative estimate of drug-likeness (QED) is 0.638. The number of carbonyl (C=O) groups is 3. The Morgan fingerprint density at radius 3 is 2.11 bits per heavy atom. The zero-order chi connectivity index (χ0) is 19.8. The van der Waals surface area contributed by atoms with Gasteiger partial charge in [0.25, 0.3) is 0 Å². The van der Waals surface area contributed by atoms with E-state index in [1.807, 2.05) is 6.92 Å². The molecule has 0 fully saturated rings. The van der Waals surface area contributed by atoms with Crippen LogP contribution in [-0.2, 0) is 14.4 Å². The van der Waals surface area contributed by atoms with Crippen LogP contribution in [0.4, 0.5) is 11.4 Å². The predicted octanol–water partition coefficient (Wildman–Crippen LogP) is 3.09. The van der Waals surface area contributed by atoms with Crippen LogP contribution in [0.3, 0.4) is 0 Å². The molecule has 142 valence electrons. The number of hydrogen-bond donors (Lipinski definition) is 3. The third-order valence-electron chi connectivity index (χ3n) is 3.19. The zero-order valence-corrected chi connectivity index (χ0v) is 15.9. The average Bonchev–Trinajstić information content (AvgIpc) is 2.60. The van der Waals surface area contributed by atoms with E-state index in [0.717, 1.165) is 0 Å². The summed E-state index contributed by atoms with van der Waals surface area (Å²) in [5, 5.41) is 7.80. The van der Waals surface area contributed by atoms with Crippen LogP contribution in [-0.4, -0.2) is 30.9 Å². The van der Waals surface area contributed by atoms with Crippen molar-refractivity contribution in [1.82, 2.24) is 5.32 Å². The van der Waals surface area contributed by atoms with Crippen LogP contribution >= 0.6 is 23.2 Å². The van der Waals surface area contributed by atoms with Gasteiger partial charge in [-0.15, -0.1) is 0 Å². The molecule has 0 aliphatic rings. The monoisotopic (exact) mass is 409 g/mol. The predicted molar refractivity (Wildman–Crippen MR) is 104 cm³/mol. The van der Waals surface area contributed by atoms with E-state index < -0.39 is 17.7 Å². The Bertz CT molecular complexity index is 821. The summed E-state index contributed by atoms with van der Waals surface area (Å²) in [6, 6.07) is 11.1. The highest BCUT2D eigenvalue weighted by atomic mass is 35.5. The fraction of sp³-hybridized carbons (Fsp3) is 0.167. The lowest BCUT2D eigenvalue weighted by molar-refractivity contribution is -0.136. The molecule has 0 aromatic heterocycles. The first kappa shape index (κ1) is 20.5. The van der Waals surface area contributed by atoms with Gasteiger partial charge >= 0.3 is 11.8 Å². The Labute approximate surface area is 166 Å². The van der Waals surface area contributed by atoms with E-state index in [9.17, 15) is 14.4 Å². The van der Waals surface area contributed by atoms with Crippen molar-refractivity contribution < 1.29 is 19.1 Å². The van der Waals surface area contributed by atoms with E-state index in [-0.39, 0.29) is 12.2 Å². The van der Waals surface area contributed by atoms with Crippen molar-refractivity contribution in [2.45, 2.75) is 6.92 Å². The number of benzene rings is 2. The molecule has 0 saturated heterocycles. The number of nitrogens with one attached hydrogen (secondary N) is 3. The Balaban J connectivity index is 1.81. The summed E-state index contributed by atoms with van der Waals surface area (Å²) < 4.78 is 5.30. The van der Waals surface area contributed by atoms with Crippen LogP contribution < -0.4 is 20.7 Å². The average molecular weight is 410 g/mol. The maximum Gasteiger partial charge on any atom is 0.313 e. The summed E-state index contributed by atoms with van der Waals surface area (Å²) in [4.78, 5) is 35.5. The van der Waals surface area contributed by atoms with Gasteiger partial charge in [-0.05, 0) is 49.4 Å². The number of ether oxygens (including phenoxy) is 1. The lowest BCUT2D eigenvalue weighted by Crippen LogP contribution is -2.39. The molecule has 0 atom stereocenters. The second-order valence-corrected chi connectivity index (χ2v) is 6.17. The molecule has 27 heavy (non-hydrogen) atoms. The van der Waals surface area contributed by atoms with Crippen molar-refractivity contribution in [1.29, 1.82) is 0 Å². The van der Waals surface area contributed by atoms with Gasteiger partial charge in [-0.2, -0.15) is 0 Å². The fourth-order valence-corrected chi connectivity index (χ4v) is 2.59. The molecule has 7 nitrogen and oxygen atoms in total. The van der Waals surface area contributed by atoms with Gasteiger partial charge in [0.15, 0.2) is 0 Å². The molecule has 2 aromatic carbocycles. The van der Waals surface area contributed by atoms with Crippen LogP contribution in [0.25, 0.3) is 0 Å². The van der Waals surface area contributed by atoms with Gasteiger partial charge in [0, 0.05) is 21.4 Å². The smallest absolute Gasteiger partial charge is 0.313 e. The van der Waals surface area contributed by atoms with E-state index in [2.05, 4.69) is 16.0 Å². The van der Waals surface area contributed by atoms with Crippen LogP contribution in [0.2, 0.25) is 10.0 Å². The standard InChI is InChI=1S/C18H17Cl2N3O4/c1-2-27-15-5-3-13(4-6-15)22-16(24)10-21-17(25)18(26)23-14-8-11(19)7-12(20)9-14/h3-9H,2,10H2,1H3,(H,21,25)(H,22,24)(H,23,26). The van der Waals surface area contributed by atoms with Gasteiger partial charge in [0.1, 0.15) is 5.75 Å². The second-order valence-electron chi connectivity index (χ2n) is 5.30. The minimum absolute atomic E-state index is 0.270. The van der Waals surface area contributed by atoms with Gasteiger partial charge in [-0.3, -0.25) is 14.4 Å². The molecular weight excluding hydrogens is 393 g/mol. The third-order valence-corrected chi connectivity index (χ3v) is 3.62. The Kier molecular flexibility index (Phi) is 7.45. The minimum atomic E-state index is -0.965. The van der Waals surface area contributed by atoms with E-state index >= 15 is 0 Å². The number of anilines is 2. The molecule has 0 spiro atoms. The van der Waals surface area contributed by atoms with E-state index in [1.54, 1.807) is 24.3 Å². The number of halogens is 2. The van der Waals surface area contributed by atoms with Gasteiger partial charge in [-0.1, -0.05) is 23.2 Å². The van der Waals surface area contributed by atoms with Crippen molar-refractivity contribution >= 4 is 52.3 Å². The number of amides is 3. The molecule has 9 heteroatoms. The minimum Gasteiger partial charge on any atom is -0.494 e. The molecule has 3 amide bonds. The summed E-state index contributed by atoms with van der Waals surface area (Å²) in [5.41, 5.74) is 0.808. The molecule has 0 unspecified atom stereocenters. The first-order valence-electron chi connectivity index (χ1n) is 7.95. The molecule has 0 heterocycles. The van der Waals surface area contributed by atoms with Crippen molar-refractivity contribution in [2.24, 2.45) is 0 Å². The van der Waals surface area contributed by atoms with E-state index in [0.29, 0.717) is 28.1 Å². The Hall–Kier alpha value is -2.77. The lowest BCUT2D eigenvalue weighted by Gasteiger charge is -2.09. The fourth-order valence-electron chi connectivity index (χ4n) is 2.06. The van der Waals surface area contributed by atoms with Crippen molar-refractivity contribution in [3.8, 4) is 5.75 Å². The first-order valence-corrected chi connectivity index (χ1v) is 8.71. The lowest BCUT2D eigenvalue weighted by atomic mass is 10.3. The Morgan fingerprint density at radius 1 is 0.889 bits per heavy atom. The summed E-state index contributed by atoms with van der Waals surface area (Å²) in [5.74, 6) is -1.71. The highest BCUT2D eigenvalue weighted by molar-refractivity contribution is 6.40. The highest BCUT2D eigenvalue weighted by Gasteiger charge is 2.15. The van der Waals surface area contributed by atoms with Crippen LogP contribution in [0.5, 0.6) is 5.75 Å². The van der Waals surface area contributed by atoms with Crippen LogP contribution in [0.15, 0.2) is 42.5 Å². The van der Waals surface area contributed by atoms with Crippen molar-refractivity contribution in [3.05, 3.63) is 52.5 Å². The van der Waals surface area contributed by atoms with E-state index in [1.165, 1.54) is 18.2 Å². The van der Waals surface area contributed by atoms with Crippen LogP contribution in [0, 0.1) is 0 Å². The van der Waals surface area contributed by atoms with Crippen molar-refractivity contribution in [2.75, 3.05) is 23.8 Å². The Morgan fingerprint density at radius 2 is 1.52 bits per heavy atom. The van der Waals surface area contributed by atoms with Gasteiger partial charge in [-0.25, -0.2) is 0 Å². The molecule has 0 saturated carbocycles. The summed E-state index contributed by atoms with van der Waals surface area (Å²) >= 11 is 11.6. The van der Waals surface area contributed by atoms with Gasteiger partial charge < -0.3 is 20.7 Å². The maximum atomic E-state index is 11.9. The molecule has 0 aliphatic heterocycles. The molecule has 2 aromatic rings. The molecule has 0 radical (unpaired) electrons. The maximum absolute atomic E-state index is 11.9. The molecule has 3 N–H and O–H groups in total. The van der Waals surface area contributed by atoms with E-state index in [4.69, 9.17) is 27.9 Å². The van der Waals surface area contributed by atoms with Gasteiger partial charge in [0.2, 0.25) is 5.91 Å². The molecular formula is C18H17Cl2N3O4. The summed E-state index contributed by atoms with van der Waals surface area (Å²) in [6.07, 6.45) is 0. The molecule has 0 bridgehead atoms. The highest BCUT2D eigenvalue weighted by Crippen LogP contribution is 2.22. The number of rotatable bonds is 6. The largest absolute Gasteiger partial charge is 0.494 e. The van der Waals surface area contributed by atoms with Crippen LogP contribution in [0.1, 0.15) is 6.92 Å². The third kappa shape index (κ3) is 6.80. The normalized spacial score (nSPS) is 10.0. The summed E-state index contributed by atoms with van der Waals surface area (Å²) in [6.45, 7) is 2.05. The summed E-state index contributed by atoms with van der Waals surface area (Å²) in [7, 11) is 0. The van der Waals surface area contributed by atoms with Gasteiger partial charge in [0.05, 0.1) is 13.2 Å². The second kappa shape index (κ2) is 9.80. The van der Waals surface area contributed by atoms with Crippen molar-refractivity contribution in [3.63, 3.8) is 0 Å². The number of carbonyl (C=O) groups excluding carboxylic acids is 3.